The lowest BCUT2D eigenvalue weighted by atomic mass is 9.87. The maximum atomic E-state index is 12.6. The summed E-state index contributed by atoms with van der Waals surface area (Å²) < 4.78 is 0. The first-order valence-electron chi connectivity index (χ1n) is 9.14. The van der Waals surface area contributed by atoms with Crippen molar-refractivity contribution in [2.45, 2.75) is 37.8 Å². The molecule has 7 nitrogen and oxygen atoms in total. The molecule has 138 valence electrons. The molecule has 1 aliphatic heterocycles. The third kappa shape index (κ3) is 3.16. The predicted molar refractivity (Wildman–Crippen MR) is 106 cm³/mol. The molecule has 0 radical (unpaired) electrons. The molecule has 4 N–H and O–H groups in total. The smallest absolute Gasteiger partial charge is 0.220 e. The van der Waals surface area contributed by atoms with Gasteiger partial charge in [-0.3, -0.25) is 14.7 Å². The molecule has 0 unspecified atom stereocenters. The number of guanidine groups is 2. The van der Waals surface area contributed by atoms with Gasteiger partial charge in [0.25, 0.3) is 0 Å². The van der Waals surface area contributed by atoms with Crippen LogP contribution in [0.15, 0.2) is 58.8 Å². The second-order valence-electron chi connectivity index (χ2n) is 6.93. The van der Waals surface area contributed by atoms with E-state index >= 15 is 0 Å². The second kappa shape index (κ2) is 6.83. The summed E-state index contributed by atoms with van der Waals surface area (Å²) in [5.41, 5.74) is 13.7. The molecule has 0 saturated heterocycles. The number of carbonyl (C=O) groups is 1. The normalized spacial score (nSPS) is 18.7. The zero-order valence-corrected chi connectivity index (χ0v) is 15.0. The van der Waals surface area contributed by atoms with Crippen molar-refractivity contribution >= 4 is 23.4 Å². The van der Waals surface area contributed by atoms with E-state index in [1.807, 2.05) is 29.2 Å². The van der Waals surface area contributed by atoms with Crippen LogP contribution in [0.5, 0.6) is 0 Å². The Morgan fingerprint density at radius 2 is 1.56 bits per heavy atom. The van der Waals surface area contributed by atoms with Gasteiger partial charge in [0, 0.05) is 29.2 Å². The van der Waals surface area contributed by atoms with E-state index in [1.165, 1.54) is 6.42 Å². The molecular formula is C20H22N6O. The lowest BCUT2D eigenvalue weighted by Gasteiger charge is -2.45. The van der Waals surface area contributed by atoms with Crippen molar-refractivity contribution in [3.8, 4) is 0 Å². The minimum atomic E-state index is -0.481. The fourth-order valence-corrected chi connectivity index (χ4v) is 3.93. The van der Waals surface area contributed by atoms with Gasteiger partial charge in [-0.2, -0.15) is 4.99 Å². The number of ketones is 1. The second-order valence-corrected chi connectivity index (χ2v) is 6.93. The van der Waals surface area contributed by atoms with Gasteiger partial charge in [0.1, 0.15) is 5.66 Å². The number of hydrogen-bond donors (Lipinski definition) is 2. The average molecular weight is 362 g/mol. The number of nitrogens with zero attached hydrogens (tertiary/aromatic N) is 4. The van der Waals surface area contributed by atoms with Crippen molar-refractivity contribution in [3.05, 3.63) is 59.9 Å². The molecule has 2 heterocycles. The van der Waals surface area contributed by atoms with Crippen molar-refractivity contribution in [1.29, 1.82) is 0 Å². The van der Waals surface area contributed by atoms with Crippen molar-refractivity contribution in [2.75, 3.05) is 4.90 Å². The summed E-state index contributed by atoms with van der Waals surface area (Å²) in [6.45, 7) is 0. The average Bonchev–Trinajstić information content (AvgIpc) is 2.68. The molecule has 7 heteroatoms. The molecule has 0 bridgehead atoms. The van der Waals surface area contributed by atoms with Gasteiger partial charge in [0.15, 0.2) is 5.78 Å². The highest BCUT2D eigenvalue weighted by Gasteiger charge is 2.42. The summed E-state index contributed by atoms with van der Waals surface area (Å²) in [7, 11) is 0. The van der Waals surface area contributed by atoms with E-state index in [0.717, 1.165) is 31.4 Å². The van der Waals surface area contributed by atoms with Gasteiger partial charge in [-0.1, -0.05) is 6.42 Å². The number of rotatable bonds is 3. The SMILES string of the molecule is NC1=NC2(CCCCC2)N(c2ccc(C(=O)c3ccncc3)cc2)C(N)=N1. The predicted octanol–water partition coefficient (Wildman–Crippen LogP) is 2.42. The Morgan fingerprint density at radius 3 is 2.22 bits per heavy atom. The Morgan fingerprint density at radius 1 is 0.926 bits per heavy atom. The number of pyridine rings is 1. The molecule has 1 aromatic heterocycles. The Kier molecular flexibility index (Phi) is 4.35. The van der Waals surface area contributed by atoms with E-state index in [-0.39, 0.29) is 11.7 Å². The van der Waals surface area contributed by atoms with Gasteiger partial charge in [0.2, 0.25) is 11.9 Å². The maximum Gasteiger partial charge on any atom is 0.220 e. The van der Waals surface area contributed by atoms with Crippen LogP contribution in [-0.2, 0) is 0 Å². The number of benzene rings is 1. The van der Waals surface area contributed by atoms with Crippen molar-refractivity contribution < 1.29 is 4.79 Å². The van der Waals surface area contributed by atoms with Crippen molar-refractivity contribution in [3.63, 3.8) is 0 Å². The zero-order chi connectivity index (χ0) is 18.9. The number of aliphatic imine (C=N–C) groups is 2. The fourth-order valence-electron chi connectivity index (χ4n) is 3.93. The summed E-state index contributed by atoms with van der Waals surface area (Å²) in [6, 6.07) is 10.8. The molecule has 0 atom stereocenters. The number of hydrogen-bond acceptors (Lipinski definition) is 7. The summed E-state index contributed by atoms with van der Waals surface area (Å²) in [4.78, 5) is 27.4. The maximum absolute atomic E-state index is 12.6. The molecule has 1 aliphatic carbocycles. The molecule has 1 fully saturated rings. The molecule has 0 amide bonds. The molecule has 2 aromatic rings. The van der Waals surface area contributed by atoms with Gasteiger partial charge in [0.05, 0.1) is 0 Å². The van der Waals surface area contributed by atoms with Crippen LogP contribution in [-0.4, -0.2) is 28.3 Å². The van der Waals surface area contributed by atoms with Crippen molar-refractivity contribution in [2.24, 2.45) is 21.5 Å². The highest BCUT2D eigenvalue weighted by Crippen LogP contribution is 2.39. The monoisotopic (exact) mass is 362 g/mol. The summed E-state index contributed by atoms with van der Waals surface area (Å²) in [5, 5.41) is 0. The standard InChI is InChI=1S/C20H22N6O/c21-18-24-19(22)26(20(25-18)10-2-1-3-11-20)16-6-4-14(5-7-16)17(27)15-8-12-23-13-9-15/h4-9,12-13H,1-3,10-11H2,(H4,21,22,24,25). The minimum Gasteiger partial charge on any atom is -0.369 e. The van der Waals surface area contributed by atoms with Crippen LogP contribution in [0.2, 0.25) is 0 Å². The molecule has 2 aliphatic rings. The van der Waals surface area contributed by atoms with E-state index in [1.54, 1.807) is 24.5 Å². The highest BCUT2D eigenvalue weighted by molar-refractivity contribution is 6.09. The van der Waals surface area contributed by atoms with Gasteiger partial charge in [-0.15, -0.1) is 0 Å². The van der Waals surface area contributed by atoms with Crippen LogP contribution in [0.3, 0.4) is 0 Å². The quantitative estimate of drug-likeness (QED) is 0.815. The number of anilines is 1. The topological polar surface area (TPSA) is 110 Å². The Bertz CT molecular complexity index is 898. The van der Waals surface area contributed by atoms with E-state index in [9.17, 15) is 4.79 Å². The largest absolute Gasteiger partial charge is 0.369 e. The molecular weight excluding hydrogens is 340 g/mol. The Labute approximate surface area is 157 Å². The van der Waals surface area contributed by atoms with Gasteiger partial charge in [-0.25, -0.2) is 4.99 Å². The Hall–Kier alpha value is -3.22. The fraction of sp³-hybridized carbons (Fsp3) is 0.300. The molecule has 1 aromatic carbocycles. The van der Waals surface area contributed by atoms with Crippen LogP contribution in [0, 0.1) is 0 Å². The lowest BCUT2D eigenvalue weighted by molar-refractivity contribution is 0.103. The lowest BCUT2D eigenvalue weighted by Crippen LogP contribution is -2.58. The van der Waals surface area contributed by atoms with E-state index in [2.05, 4.69) is 15.0 Å². The van der Waals surface area contributed by atoms with Crippen molar-refractivity contribution in [1.82, 2.24) is 4.98 Å². The third-order valence-electron chi connectivity index (χ3n) is 5.18. The van der Waals surface area contributed by atoms with Gasteiger partial charge in [-0.05, 0) is 62.1 Å². The van der Waals surface area contributed by atoms with E-state index in [4.69, 9.17) is 11.5 Å². The first kappa shape index (κ1) is 17.2. The molecule has 1 spiro atoms. The van der Waals surface area contributed by atoms with E-state index in [0.29, 0.717) is 17.1 Å². The van der Waals surface area contributed by atoms with E-state index < -0.39 is 5.66 Å². The van der Waals surface area contributed by atoms with Crippen LogP contribution in [0.1, 0.15) is 48.0 Å². The van der Waals surface area contributed by atoms with Gasteiger partial charge < -0.3 is 11.5 Å². The summed E-state index contributed by atoms with van der Waals surface area (Å²) >= 11 is 0. The van der Waals surface area contributed by atoms with Crippen LogP contribution in [0.25, 0.3) is 0 Å². The van der Waals surface area contributed by atoms with Crippen LogP contribution < -0.4 is 16.4 Å². The molecule has 1 saturated carbocycles. The first-order chi connectivity index (χ1) is 13.1. The minimum absolute atomic E-state index is 0.0427. The summed E-state index contributed by atoms with van der Waals surface area (Å²) in [6.07, 6.45) is 8.30. The first-order valence-corrected chi connectivity index (χ1v) is 9.14. The van der Waals surface area contributed by atoms with Crippen LogP contribution >= 0.6 is 0 Å². The molecule has 4 rings (SSSR count). The number of nitrogens with two attached hydrogens (primary N) is 2. The Balaban J connectivity index is 1.66. The van der Waals surface area contributed by atoms with Gasteiger partial charge >= 0.3 is 0 Å². The van der Waals surface area contributed by atoms with Crippen LogP contribution in [0.4, 0.5) is 5.69 Å². The zero-order valence-electron chi connectivity index (χ0n) is 15.0. The highest BCUT2D eigenvalue weighted by atomic mass is 16.1. The number of carbonyl (C=O) groups excluding carboxylic acids is 1. The summed E-state index contributed by atoms with van der Waals surface area (Å²) in [5.74, 6) is 0.534. The third-order valence-corrected chi connectivity index (χ3v) is 5.18. The molecule has 27 heavy (non-hydrogen) atoms. The number of aromatic nitrogens is 1.